The fourth-order valence-electron chi connectivity index (χ4n) is 3.02. The van der Waals surface area contributed by atoms with Crippen molar-refractivity contribution in [2.45, 2.75) is 32.0 Å². The Morgan fingerprint density at radius 2 is 2.00 bits per heavy atom. The molecule has 1 aliphatic rings. The van der Waals surface area contributed by atoms with Gasteiger partial charge in [0.1, 0.15) is 22.5 Å². The van der Waals surface area contributed by atoms with Gasteiger partial charge in [-0.3, -0.25) is 9.59 Å². The number of nitrogens with zero attached hydrogens (tertiary/aromatic N) is 2. The maximum atomic E-state index is 12.9. The van der Waals surface area contributed by atoms with Gasteiger partial charge in [-0.15, -0.1) is 11.3 Å². The van der Waals surface area contributed by atoms with Crippen LogP contribution < -0.4 is 5.32 Å². The minimum atomic E-state index is -4.48. The van der Waals surface area contributed by atoms with E-state index in [1.54, 1.807) is 6.92 Å². The summed E-state index contributed by atoms with van der Waals surface area (Å²) in [7, 11) is 0. The molecular formula is C18H18F3N3O2S. The first kappa shape index (κ1) is 19.3. The number of hydrogen-bond acceptors (Lipinski definition) is 4. The molecule has 2 heterocycles. The Morgan fingerprint density at radius 3 is 2.67 bits per heavy atom. The van der Waals surface area contributed by atoms with E-state index in [9.17, 15) is 22.8 Å². The Labute approximate surface area is 158 Å². The molecule has 0 aliphatic carbocycles. The van der Waals surface area contributed by atoms with Crippen LogP contribution in [0.4, 0.5) is 13.2 Å². The SMILES string of the molecule is Cc1nc(-c2ccccc2)sc1C(=O)N1CCCC1C(=O)NCC(F)(F)F. The van der Waals surface area contributed by atoms with Crippen molar-refractivity contribution in [3.63, 3.8) is 0 Å². The second-order valence-corrected chi connectivity index (χ2v) is 7.29. The normalized spacial score (nSPS) is 17.2. The molecule has 0 spiro atoms. The molecule has 5 nitrogen and oxygen atoms in total. The van der Waals surface area contributed by atoms with E-state index in [0.717, 1.165) is 5.56 Å². The summed E-state index contributed by atoms with van der Waals surface area (Å²) < 4.78 is 37.0. The highest BCUT2D eigenvalue weighted by atomic mass is 32.1. The van der Waals surface area contributed by atoms with Gasteiger partial charge in [0.05, 0.1) is 5.69 Å². The number of carbonyl (C=O) groups is 2. The minimum Gasteiger partial charge on any atom is -0.345 e. The molecule has 2 amide bonds. The summed E-state index contributed by atoms with van der Waals surface area (Å²) in [6.45, 7) is 0.647. The number of carbonyl (C=O) groups excluding carboxylic acids is 2. The molecule has 1 aromatic heterocycles. The van der Waals surface area contributed by atoms with E-state index in [-0.39, 0.29) is 5.91 Å². The largest absolute Gasteiger partial charge is 0.405 e. The molecule has 1 atom stereocenters. The molecule has 1 aliphatic heterocycles. The number of nitrogens with one attached hydrogen (secondary N) is 1. The van der Waals surface area contributed by atoms with Crippen LogP contribution in [0, 0.1) is 6.92 Å². The number of halogens is 3. The van der Waals surface area contributed by atoms with Crippen LogP contribution in [0.3, 0.4) is 0 Å². The van der Waals surface area contributed by atoms with Crippen LogP contribution in [0.15, 0.2) is 30.3 Å². The van der Waals surface area contributed by atoms with Crippen molar-refractivity contribution in [1.29, 1.82) is 0 Å². The lowest BCUT2D eigenvalue weighted by molar-refractivity contribution is -0.140. The fraction of sp³-hybridized carbons (Fsp3) is 0.389. The quantitative estimate of drug-likeness (QED) is 0.860. The second kappa shape index (κ2) is 7.67. The lowest BCUT2D eigenvalue weighted by Crippen LogP contribution is -2.48. The van der Waals surface area contributed by atoms with Crippen LogP contribution in [0.25, 0.3) is 10.6 Å². The summed E-state index contributed by atoms with van der Waals surface area (Å²) in [5, 5.41) is 2.57. The summed E-state index contributed by atoms with van der Waals surface area (Å²) in [5.74, 6) is -1.14. The van der Waals surface area contributed by atoms with E-state index < -0.39 is 24.7 Å². The average Bonchev–Trinajstić information content (AvgIpc) is 3.26. The molecule has 1 fully saturated rings. The van der Waals surface area contributed by atoms with Crippen LogP contribution in [0.1, 0.15) is 28.2 Å². The van der Waals surface area contributed by atoms with Gasteiger partial charge in [-0.05, 0) is 19.8 Å². The van der Waals surface area contributed by atoms with Crippen LogP contribution in [0.5, 0.6) is 0 Å². The van der Waals surface area contributed by atoms with Crippen molar-refractivity contribution < 1.29 is 22.8 Å². The number of amides is 2. The predicted molar refractivity (Wildman–Crippen MR) is 95.4 cm³/mol. The van der Waals surface area contributed by atoms with Crippen LogP contribution >= 0.6 is 11.3 Å². The van der Waals surface area contributed by atoms with Gasteiger partial charge in [-0.25, -0.2) is 4.98 Å². The van der Waals surface area contributed by atoms with E-state index in [2.05, 4.69) is 4.98 Å². The van der Waals surface area contributed by atoms with E-state index in [1.807, 2.05) is 35.6 Å². The standard InChI is InChI=1S/C18H18F3N3O2S/c1-11-14(27-16(23-11)12-6-3-2-4-7-12)17(26)24-9-5-8-13(24)15(25)22-10-18(19,20)21/h2-4,6-7,13H,5,8-10H2,1H3,(H,22,25). The van der Waals surface area contributed by atoms with Crippen molar-refractivity contribution >= 4 is 23.2 Å². The van der Waals surface area contributed by atoms with Gasteiger partial charge >= 0.3 is 6.18 Å². The number of aryl methyl sites for hydroxylation is 1. The van der Waals surface area contributed by atoms with Gasteiger partial charge in [0, 0.05) is 12.1 Å². The Bertz CT molecular complexity index is 836. The highest BCUT2D eigenvalue weighted by molar-refractivity contribution is 7.17. The van der Waals surface area contributed by atoms with Crippen molar-refractivity contribution in [3.8, 4) is 10.6 Å². The van der Waals surface area contributed by atoms with Crippen molar-refractivity contribution in [1.82, 2.24) is 15.2 Å². The second-order valence-electron chi connectivity index (χ2n) is 6.29. The smallest absolute Gasteiger partial charge is 0.345 e. The molecule has 27 heavy (non-hydrogen) atoms. The first-order valence-electron chi connectivity index (χ1n) is 8.44. The van der Waals surface area contributed by atoms with E-state index in [1.165, 1.54) is 16.2 Å². The summed E-state index contributed by atoms with van der Waals surface area (Å²) in [5.41, 5.74) is 1.43. The number of hydrogen-bond donors (Lipinski definition) is 1. The van der Waals surface area contributed by atoms with Crippen LogP contribution in [-0.4, -0.2) is 47.0 Å². The third kappa shape index (κ3) is 4.47. The molecule has 2 aromatic rings. The van der Waals surface area contributed by atoms with E-state index in [0.29, 0.717) is 35.0 Å². The lowest BCUT2D eigenvalue weighted by atomic mass is 10.2. The van der Waals surface area contributed by atoms with E-state index in [4.69, 9.17) is 0 Å². The maximum Gasteiger partial charge on any atom is 0.405 e. The first-order valence-corrected chi connectivity index (χ1v) is 9.26. The molecule has 0 radical (unpaired) electrons. The molecule has 144 valence electrons. The molecule has 3 rings (SSSR count). The maximum absolute atomic E-state index is 12.9. The van der Waals surface area contributed by atoms with Gasteiger partial charge in [-0.1, -0.05) is 30.3 Å². The van der Waals surface area contributed by atoms with Crippen LogP contribution in [-0.2, 0) is 4.79 Å². The van der Waals surface area contributed by atoms with Gasteiger partial charge in [0.2, 0.25) is 5.91 Å². The van der Waals surface area contributed by atoms with Crippen molar-refractivity contribution in [3.05, 3.63) is 40.9 Å². The van der Waals surface area contributed by atoms with Crippen molar-refractivity contribution in [2.75, 3.05) is 13.1 Å². The van der Waals surface area contributed by atoms with Crippen molar-refractivity contribution in [2.24, 2.45) is 0 Å². The Morgan fingerprint density at radius 1 is 1.30 bits per heavy atom. The zero-order chi connectivity index (χ0) is 19.6. The van der Waals surface area contributed by atoms with Gasteiger partial charge in [0.25, 0.3) is 5.91 Å². The van der Waals surface area contributed by atoms with Crippen LogP contribution in [0.2, 0.25) is 0 Å². The average molecular weight is 397 g/mol. The zero-order valence-corrected chi connectivity index (χ0v) is 15.4. The molecular weight excluding hydrogens is 379 g/mol. The lowest BCUT2D eigenvalue weighted by Gasteiger charge is -2.23. The number of alkyl halides is 3. The number of thiazole rings is 1. The number of rotatable bonds is 4. The Hall–Kier alpha value is -2.42. The van der Waals surface area contributed by atoms with Gasteiger partial charge in [0.15, 0.2) is 0 Å². The topological polar surface area (TPSA) is 62.3 Å². The number of benzene rings is 1. The highest BCUT2D eigenvalue weighted by Gasteiger charge is 2.37. The monoisotopic (exact) mass is 397 g/mol. The van der Waals surface area contributed by atoms with Gasteiger partial charge in [-0.2, -0.15) is 13.2 Å². The molecule has 1 N–H and O–H groups in total. The third-order valence-electron chi connectivity index (χ3n) is 4.29. The highest BCUT2D eigenvalue weighted by Crippen LogP contribution is 2.30. The first-order chi connectivity index (χ1) is 12.8. The summed E-state index contributed by atoms with van der Waals surface area (Å²) in [4.78, 5) is 31.2. The molecule has 9 heteroatoms. The van der Waals surface area contributed by atoms with E-state index >= 15 is 0 Å². The predicted octanol–water partition coefficient (Wildman–Crippen LogP) is 3.40. The number of aromatic nitrogens is 1. The Kier molecular flexibility index (Phi) is 5.50. The number of likely N-dealkylation sites (tertiary alicyclic amines) is 1. The third-order valence-corrected chi connectivity index (χ3v) is 5.49. The Balaban J connectivity index is 1.77. The molecule has 1 aromatic carbocycles. The molecule has 0 saturated carbocycles. The summed E-state index contributed by atoms with van der Waals surface area (Å²) in [6, 6.07) is 8.50. The molecule has 1 saturated heterocycles. The summed E-state index contributed by atoms with van der Waals surface area (Å²) >= 11 is 1.22. The molecule has 1 unspecified atom stereocenters. The zero-order valence-electron chi connectivity index (χ0n) is 14.5. The fourth-order valence-corrected chi connectivity index (χ4v) is 4.04. The minimum absolute atomic E-state index is 0.334. The van der Waals surface area contributed by atoms with Gasteiger partial charge < -0.3 is 10.2 Å². The molecule has 0 bridgehead atoms. The summed E-state index contributed by atoms with van der Waals surface area (Å²) in [6.07, 6.45) is -3.57.